The number of ether oxygens (including phenoxy) is 2. The van der Waals surface area contributed by atoms with Crippen molar-refractivity contribution in [3.05, 3.63) is 0 Å². The third kappa shape index (κ3) is 3.47. The average molecular weight is 354 g/mol. The number of aliphatic hydroxyl groups excluding tert-OH is 2. The van der Waals surface area contributed by atoms with Crippen LogP contribution in [-0.4, -0.2) is 47.2 Å². The molecular formula is C20H34O5. The highest BCUT2D eigenvalue weighted by Gasteiger charge is 2.65. The van der Waals surface area contributed by atoms with E-state index in [0.717, 1.165) is 51.4 Å². The Hall–Kier alpha value is -0.650. The Bertz CT molecular complexity index is 518. The Labute approximate surface area is 151 Å². The molecule has 25 heavy (non-hydrogen) atoms. The summed E-state index contributed by atoms with van der Waals surface area (Å²) in [6.07, 6.45) is 6.96. The van der Waals surface area contributed by atoms with Gasteiger partial charge in [-0.2, -0.15) is 0 Å². The highest BCUT2D eigenvalue weighted by Crippen LogP contribution is 2.66. The molecule has 0 saturated heterocycles. The molecule has 4 saturated carbocycles. The number of aliphatic hydroxyl groups is 2. The van der Waals surface area contributed by atoms with E-state index in [4.69, 9.17) is 9.47 Å². The smallest absolute Gasteiger partial charge is 0.312 e. The molecule has 144 valence electrons. The van der Waals surface area contributed by atoms with Gasteiger partial charge in [0.15, 0.2) is 0 Å². The minimum absolute atomic E-state index is 0.000258. The first-order valence-corrected chi connectivity index (χ1v) is 9.81. The Balaban J connectivity index is 1.88. The van der Waals surface area contributed by atoms with Gasteiger partial charge in [0.25, 0.3) is 0 Å². The standard InChI is InChI=1S/C20H34O5/c1-4-17(2,3)16(23)25-20-11-15-9-18(13-20,5-6-21)12-19(10-15,14-20)24-8-7-22/h15,21-22H,4-14H2,1-3H3. The Morgan fingerprint density at radius 3 is 2.40 bits per heavy atom. The zero-order valence-electron chi connectivity index (χ0n) is 16.0. The highest BCUT2D eigenvalue weighted by atomic mass is 16.6. The van der Waals surface area contributed by atoms with Crippen LogP contribution in [0.5, 0.6) is 0 Å². The number of esters is 1. The van der Waals surface area contributed by atoms with Gasteiger partial charge in [-0.05, 0) is 70.1 Å². The Morgan fingerprint density at radius 1 is 1.08 bits per heavy atom. The van der Waals surface area contributed by atoms with Gasteiger partial charge in [-0.1, -0.05) is 6.92 Å². The van der Waals surface area contributed by atoms with E-state index in [9.17, 15) is 15.0 Å². The van der Waals surface area contributed by atoms with Crippen molar-refractivity contribution in [2.75, 3.05) is 19.8 Å². The summed E-state index contributed by atoms with van der Waals surface area (Å²) in [5, 5.41) is 18.9. The lowest BCUT2D eigenvalue weighted by molar-refractivity contribution is -0.262. The SMILES string of the molecule is CCC(C)(C)C(=O)OC12CC3CC(CCO)(CC(OCCO)(C3)C1)C2. The van der Waals surface area contributed by atoms with Crippen molar-refractivity contribution in [2.24, 2.45) is 16.7 Å². The fourth-order valence-electron chi connectivity index (χ4n) is 5.99. The number of carbonyl (C=O) groups is 1. The van der Waals surface area contributed by atoms with E-state index in [2.05, 4.69) is 0 Å². The van der Waals surface area contributed by atoms with E-state index < -0.39 is 11.0 Å². The van der Waals surface area contributed by atoms with Gasteiger partial charge < -0.3 is 19.7 Å². The molecule has 0 aromatic heterocycles. The van der Waals surface area contributed by atoms with Crippen molar-refractivity contribution in [1.29, 1.82) is 0 Å². The minimum Gasteiger partial charge on any atom is -0.459 e. The van der Waals surface area contributed by atoms with Crippen molar-refractivity contribution in [3.8, 4) is 0 Å². The number of hydrogen-bond acceptors (Lipinski definition) is 5. The quantitative estimate of drug-likeness (QED) is 0.656. The molecule has 0 amide bonds. The largest absolute Gasteiger partial charge is 0.459 e. The van der Waals surface area contributed by atoms with Crippen LogP contribution in [0.1, 0.15) is 72.1 Å². The van der Waals surface area contributed by atoms with Crippen LogP contribution in [0.4, 0.5) is 0 Å². The van der Waals surface area contributed by atoms with Gasteiger partial charge in [0.2, 0.25) is 0 Å². The van der Waals surface area contributed by atoms with Gasteiger partial charge in [0, 0.05) is 13.0 Å². The summed E-state index contributed by atoms with van der Waals surface area (Å²) < 4.78 is 12.4. The summed E-state index contributed by atoms with van der Waals surface area (Å²) >= 11 is 0. The van der Waals surface area contributed by atoms with E-state index in [-0.39, 0.29) is 30.2 Å². The van der Waals surface area contributed by atoms with E-state index >= 15 is 0 Å². The molecule has 0 heterocycles. The predicted octanol–water partition coefficient (Wildman–Crippen LogP) is 2.82. The van der Waals surface area contributed by atoms with Crippen molar-refractivity contribution in [3.63, 3.8) is 0 Å². The van der Waals surface area contributed by atoms with Crippen LogP contribution < -0.4 is 0 Å². The molecule has 5 heteroatoms. The number of rotatable bonds is 8. The number of hydrogen-bond donors (Lipinski definition) is 2. The molecule has 4 aliphatic carbocycles. The topological polar surface area (TPSA) is 76.0 Å². The van der Waals surface area contributed by atoms with Gasteiger partial charge in [-0.15, -0.1) is 0 Å². The predicted molar refractivity (Wildman–Crippen MR) is 94.0 cm³/mol. The fourth-order valence-corrected chi connectivity index (χ4v) is 5.99. The van der Waals surface area contributed by atoms with E-state index in [1.807, 2.05) is 20.8 Å². The van der Waals surface area contributed by atoms with Crippen molar-refractivity contribution in [1.82, 2.24) is 0 Å². The second kappa shape index (κ2) is 6.50. The molecule has 0 spiro atoms. The summed E-state index contributed by atoms with van der Waals surface area (Å²) in [6.45, 7) is 6.39. The van der Waals surface area contributed by atoms with Crippen molar-refractivity contribution in [2.45, 2.75) is 83.3 Å². The van der Waals surface area contributed by atoms with E-state index in [1.54, 1.807) is 0 Å². The first kappa shape index (κ1) is 19.1. The maximum atomic E-state index is 12.8. The van der Waals surface area contributed by atoms with Gasteiger partial charge >= 0.3 is 5.97 Å². The molecule has 4 unspecified atom stereocenters. The molecule has 4 atom stereocenters. The van der Waals surface area contributed by atoms with E-state index in [0.29, 0.717) is 12.5 Å². The molecule has 4 aliphatic rings. The zero-order chi connectivity index (χ0) is 18.3. The lowest BCUT2D eigenvalue weighted by Crippen LogP contribution is -2.65. The summed E-state index contributed by atoms with van der Waals surface area (Å²) in [6, 6.07) is 0. The molecule has 4 bridgehead atoms. The first-order valence-electron chi connectivity index (χ1n) is 9.81. The van der Waals surface area contributed by atoms with Crippen LogP contribution in [0.3, 0.4) is 0 Å². The van der Waals surface area contributed by atoms with Crippen LogP contribution in [0.2, 0.25) is 0 Å². The molecular weight excluding hydrogens is 320 g/mol. The van der Waals surface area contributed by atoms with Crippen molar-refractivity contribution >= 4 is 5.97 Å². The normalized spacial score (nSPS) is 39.6. The molecule has 0 radical (unpaired) electrons. The van der Waals surface area contributed by atoms with Gasteiger partial charge in [0.1, 0.15) is 5.60 Å². The Kier molecular flexibility index (Phi) is 4.97. The molecule has 0 aromatic rings. The van der Waals surface area contributed by atoms with Crippen molar-refractivity contribution < 1.29 is 24.5 Å². The lowest BCUT2D eigenvalue weighted by atomic mass is 9.45. The Morgan fingerprint density at radius 2 is 1.76 bits per heavy atom. The highest BCUT2D eigenvalue weighted by molar-refractivity contribution is 5.76. The lowest BCUT2D eigenvalue weighted by Gasteiger charge is -2.65. The van der Waals surface area contributed by atoms with Crippen LogP contribution in [0.25, 0.3) is 0 Å². The summed E-state index contributed by atoms with van der Waals surface area (Å²) in [4.78, 5) is 12.8. The fraction of sp³-hybridized carbons (Fsp3) is 0.950. The maximum absolute atomic E-state index is 12.8. The van der Waals surface area contributed by atoms with Crippen LogP contribution >= 0.6 is 0 Å². The third-order valence-electron chi connectivity index (χ3n) is 6.97. The summed E-state index contributed by atoms with van der Waals surface area (Å²) in [7, 11) is 0. The van der Waals surface area contributed by atoms with E-state index in [1.165, 1.54) is 0 Å². The van der Waals surface area contributed by atoms with Gasteiger partial charge in [0.05, 0.1) is 24.2 Å². The second-order valence-corrected chi connectivity index (χ2v) is 9.55. The summed E-state index contributed by atoms with van der Waals surface area (Å²) in [5.41, 5.74) is -1.26. The van der Waals surface area contributed by atoms with Crippen LogP contribution in [-0.2, 0) is 14.3 Å². The van der Waals surface area contributed by atoms with Gasteiger partial charge in [-0.3, -0.25) is 4.79 Å². The third-order valence-corrected chi connectivity index (χ3v) is 6.97. The molecule has 0 aromatic carbocycles. The zero-order valence-corrected chi connectivity index (χ0v) is 16.0. The molecule has 4 fully saturated rings. The van der Waals surface area contributed by atoms with Crippen LogP contribution in [0.15, 0.2) is 0 Å². The number of carbonyl (C=O) groups excluding carboxylic acids is 1. The monoisotopic (exact) mass is 354 g/mol. The maximum Gasteiger partial charge on any atom is 0.312 e. The second-order valence-electron chi connectivity index (χ2n) is 9.55. The molecule has 0 aliphatic heterocycles. The minimum atomic E-state index is -0.480. The molecule has 4 rings (SSSR count). The first-order chi connectivity index (χ1) is 11.7. The summed E-state index contributed by atoms with van der Waals surface area (Å²) in [5.74, 6) is 0.354. The van der Waals surface area contributed by atoms with Gasteiger partial charge in [-0.25, -0.2) is 0 Å². The van der Waals surface area contributed by atoms with Crippen LogP contribution in [0, 0.1) is 16.7 Å². The molecule has 2 N–H and O–H groups in total. The molecule has 5 nitrogen and oxygen atoms in total. The average Bonchev–Trinajstić information content (AvgIpc) is 2.51.